The van der Waals surface area contributed by atoms with Gasteiger partial charge in [-0.2, -0.15) is 13.2 Å². The van der Waals surface area contributed by atoms with Crippen LogP contribution < -0.4 is 14.8 Å². The Morgan fingerprint density at radius 1 is 1.03 bits per heavy atom. The monoisotopic (exact) mass is 544 g/mol. The van der Waals surface area contributed by atoms with E-state index in [0.717, 1.165) is 0 Å². The highest BCUT2D eigenvalue weighted by molar-refractivity contribution is 5.84. The predicted molar refractivity (Wildman–Crippen MR) is 130 cm³/mol. The van der Waals surface area contributed by atoms with Crippen LogP contribution >= 0.6 is 0 Å². The third-order valence-corrected chi connectivity index (χ3v) is 5.11. The highest BCUT2D eigenvalue weighted by Crippen LogP contribution is 2.38. The van der Waals surface area contributed by atoms with Gasteiger partial charge in [-0.3, -0.25) is 15.4 Å². The lowest BCUT2D eigenvalue weighted by molar-refractivity contribution is -0.384. The van der Waals surface area contributed by atoms with Gasteiger partial charge in [-0.1, -0.05) is 0 Å². The molecule has 2 aromatic heterocycles. The van der Waals surface area contributed by atoms with Gasteiger partial charge in [0.05, 0.1) is 12.0 Å². The van der Waals surface area contributed by atoms with Gasteiger partial charge < -0.3 is 18.6 Å². The van der Waals surface area contributed by atoms with Crippen LogP contribution in [0.2, 0.25) is 0 Å². The maximum absolute atomic E-state index is 13.3. The molecule has 39 heavy (non-hydrogen) atoms. The van der Waals surface area contributed by atoms with Gasteiger partial charge in [0.25, 0.3) is 5.69 Å². The van der Waals surface area contributed by atoms with Crippen LogP contribution in [0.25, 0.3) is 22.6 Å². The van der Waals surface area contributed by atoms with Gasteiger partial charge in [-0.05, 0) is 42.5 Å². The normalized spacial score (nSPS) is 11.1. The van der Waals surface area contributed by atoms with Crippen molar-refractivity contribution in [1.29, 1.82) is 0 Å². The smallest absolute Gasteiger partial charge is 0.468 e. The summed E-state index contributed by atoms with van der Waals surface area (Å²) in [6.07, 6.45) is -4.25. The zero-order valence-corrected chi connectivity index (χ0v) is 20.1. The fourth-order valence-corrected chi connectivity index (χ4v) is 3.29. The number of oxazole rings is 1. The number of hydrogen-bond acceptors (Lipinski definition) is 9. The number of anilines is 1. The summed E-state index contributed by atoms with van der Waals surface area (Å²) < 4.78 is 60.5. The number of halogens is 3. The fraction of sp³-hybridized carbons (Fsp3) is 0.160. The molecule has 1 amide bonds. The molecule has 0 radical (unpaired) electrons. The number of non-ortho nitro benzene ring substituents is 1. The van der Waals surface area contributed by atoms with E-state index in [1.54, 1.807) is 0 Å². The van der Waals surface area contributed by atoms with Crippen LogP contribution in [0.4, 0.5) is 29.3 Å². The molecule has 0 saturated carbocycles. The van der Waals surface area contributed by atoms with Crippen molar-refractivity contribution in [3.63, 3.8) is 0 Å². The van der Waals surface area contributed by atoms with Crippen molar-refractivity contribution in [1.82, 2.24) is 9.97 Å². The van der Waals surface area contributed by atoms with E-state index >= 15 is 0 Å². The van der Waals surface area contributed by atoms with Gasteiger partial charge in [0.15, 0.2) is 5.76 Å². The molecule has 14 heteroatoms. The molecule has 11 nitrogen and oxygen atoms in total. The first-order valence-electron chi connectivity index (χ1n) is 11.1. The van der Waals surface area contributed by atoms with Gasteiger partial charge in [0.1, 0.15) is 24.7 Å². The van der Waals surface area contributed by atoms with Crippen molar-refractivity contribution < 1.29 is 41.5 Å². The Balaban J connectivity index is 1.36. The molecule has 4 aromatic rings. The van der Waals surface area contributed by atoms with Crippen LogP contribution in [0, 0.1) is 10.1 Å². The molecule has 0 unspecified atom stereocenters. The van der Waals surface area contributed by atoms with E-state index in [-0.39, 0.29) is 36.2 Å². The maximum Gasteiger partial charge on any atom is 0.468 e. The minimum absolute atomic E-state index is 0.0175. The van der Waals surface area contributed by atoms with Crippen molar-refractivity contribution in [3.05, 3.63) is 82.9 Å². The molecule has 2 heterocycles. The molecular weight excluding hydrogens is 525 g/mol. The Bertz CT molecular complexity index is 1440. The number of rotatable bonds is 9. The van der Waals surface area contributed by atoms with Gasteiger partial charge in [0, 0.05) is 41.2 Å². The Kier molecular flexibility index (Phi) is 7.93. The molecular formula is C25H19F3N4O7. The number of alkyl halides is 3. The first kappa shape index (κ1) is 26.9. The number of nitro benzene ring substituents is 1. The number of methoxy groups -OCH3 is 1. The van der Waals surface area contributed by atoms with E-state index < -0.39 is 23.1 Å². The second-order valence-electron chi connectivity index (χ2n) is 7.72. The number of carbonyl (C=O) groups excluding carboxylic acids is 1. The van der Waals surface area contributed by atoms with Crippen LogP contribution in [-0.4, -0.2) is 41.3 Å². The Labute approximate surface area is 218 Å². The lowest BCUT2D eigenvalue weighted by Gasteiger charge is -2.09. The number of pyridine rings is 1. The summed E-state index contributed by atoms with van der Waals surface area (Å²) >= 11 is 0. The number of carbonyl (C=O) groups is 1. The number of hydrogen-bond donors (Lipinski definition) is 1. The summed E-state index contributed by atoms with van der Waals surface area (Å²) in [5, 5.41) is 13.1. The molecule has 0 bridgehead atoms. The van der Waals surface area contributed by atoms with E-state index in [4.69, 9.17) is 18.6 Å². The van der Waals surface area contributed by atoms with Crippen LogP contribution in [0.15, 0.2) is 71.3 Å². The lowest BCUT2D eigenvalue weighted by Crippen LogP contribution is -2.17. The van der Waals surface area contributed by atoms with Crippen molar-refractivity contribution in [2.45, 2.75) is 6.18 Å². The summed E-state index contributed by atoms with van der Waals surface area (Å²) in [5.41, 5.74) is 0.766. The first-order chi connectivity index (χ1) is 18.6. The summed E-state index contributed by atoms with van der Waals surface area (Å²) in [6.45, 7) is -0.136. The minimum atomic E-state index is -4.79. The second kappa shape index (κ2) is 11.5. The maximum atomic E-state index is 13.3. The number of benzene rings is 2. The van der Waals surface area contributed by atoms with E-state index in [1.807, 2.05) is 0 Å². The van der Waals surface area contributed by atoms with E-state index in [0.29, 0.717) is 22.6 Å². The lowest BCUT2D eigenvalue weighted by atomic mass is 10.1. The van der Waals surface area contributed by atoms with Crippen LogP contribution in [0.5, 0.6) is 11.6 Å². The molecule has 4 rings (SSSR count). The molecule has 0 aliphatic rings. The van der Waals surface area contributed by atoms with Crippen LogP contribution in [0.1, 0.15) is 5.89 Å². The topological polar surface area (TPSA) is 139 Å². The van der Waals surface area contributed by atoms with Gasteiger partial charge in [0.2, 0.25) is 5.88 Å². The number of nitro groups is 1. The second-order valence-corrected chi connectivity index (χ2v) is 7.72. The Morgan fingerprint density at radius 3 is 2.31 bits per heavy atom. The van der Waals surface area contributed by atoms with Crippen LogP contribution in [-0.2, 0) is 10.9 Å². The highest BCUT2D eigenvalue weighted by Gasteiger charge is 2.39. The molecule has 0 aliphatic carbocycles. The first-order valence-corrected chi connectivity index (χ1v) is 11.1. The zero-order chi connectivity index (χ0) is 28.0. The number of aromatic nitrogens is 2. The number of amides is 1. The molecule has 0 aliphatic heterocycles. The van der Waals surface area contributed by atoms with Crippen molar-refractivity contribution in [2.24, 2.45) is 0 Å². The number of ether oxygens (including phenoxy) is 3. The Morgan fingerprint density at radius 2 is 1.72 bits per heavy atom. The molecule has 0 fully saturated rings. The van der Waals surface area contributed by atoms with Crippen molar-refractivity contribution >= 4 is 17.5 Å². The molecule has 0 atom stereocenters. The van der Waals surface area contributed by atoms with Crippen LogP contribution in [0.3, 0.4) is 0 Å². The average molecular weight is 544 g/mol. The summed E-state index contributed by atoms with van der Waals surface area (Å²) in [6, 6.07) is 14.2. The standard InChI is InChI=1S/C25H19F3N4O7/c1-36-20-11-4-16(14-29-20)21-22(39-23(31-21)25(26,27)28)15-2-9-19(10-3-15)37-12-13-38-24(33)30-17-5-7-18(8-6-17)32(34)35/h2-11,14H,12-13H2,1H3,(H,30,33). The van der Waals surface area contributed by atoms with E-state index in [2.05, 4.69) is 15.3 Å². The molecule has 1 N–H and O–H groups in total. The zero-order valence-electron chi connectivity index (χ0n) is 20.1. The largest absolute Gasteiger partial charge is 0.490 e. The summed E-state index contributed by atoms with van der Waals surface area (Å²) in [5.74, 6) is -0.851. The Hall–Kier alpha value is -5.14. The summed E-state index contributed by atoms with van der Waals surface area (Å²) in [7, 11) is 1.41. The highest BCUT2D eigenvalue weighted by atomic mass is 19.4. The molecule has 2 aromatic carbocycles. The average Bonchev–Trinajstić information content (AvgIpc) is 3.38. The van der Waals surface area contributed by atoms with Gasteiger partial charge in [-0.25, -0.2) is 14.8 Å². The third kappa shape index (κ3) is 6.80. The molecule has 0 saturated heterocycles. The fourth-order valence-electron chi connectivity index (χ4n) is 3.29. The molecule has 202 valence electrons. The molecule has 0 spiro atoms. The number of nitrogens with zero attached hydrogens (tertiary/aromatic N) is 3. The SMILES string of the molecule is COc1ccc(-c2nc(C(F)(F)F)oc2-c2ccc(OCCOC(=O)Nc3ccc([N+](=O)[O-])cc3)cc2)cn1. The summed E-state index contributed by atoms with van der Waals surface area (Å²) in [4.78, 5) is 29.6. The quantitative estimate of drug-likeness (QED) is 0.153. The van der Waals surface area contributed by atoms with E-state index in [9.17, 15) is 28.1 Å². The van der Waals surface area contributed by atoms with Crippen molar-refractivity contribution in [3.8, 4) is 34.2 Å². The van der Waals surface area contributed by atoms with E-state index in [1.165, 1.54) is 74.0 Å². The third-order valence-electron chi connectivity index (χ3n) is 5.11. The van der Waals surface area contributed by atoms with Gasteiger partial charge in [-0.15, -0.1) is 0 Å². The minimum Gasteiger partial charge on any atom is -0.490 e. The van der Waals surface area contributed by atoms with Gasteiger partial charge >= 0.3 is 18.2 Å². The number of nitrogens with one attached hydrogen (secondary N) is 1. The van der Waals surface area contributed by atoms with Crippen molar-refractivity contribution in [2.75, 3.05) is 25.6 Å². The predicted octanol–water partition coefficient (Wildman–Crippen LogP) is 5.97.